The monoisotopic (exact) mass is 278 g/mol. The minimum Gasteiger partial charge on any atom is -0.461 e. The van der Waals surface area contributed by atoms with Gasteiger partial charge in [0.15, 0.2) is 5.76 Å². The zero-order chi connectivity index (χ0) is 14.4. The topological polar surface area (TPSA) is 98.4 Å². The lowest BCUT2D eigenvalue weighted by Gasteiger charge is -2.17. The Labute approximate surface area is 116 Å². The van der Waals surface area contributed by atoms with Crippen LogP contribution in [-0.2, 0) is 11.3 Å². The van der Waals surface area contributed by atoms with E-state index in [2.05, 4.69) is 17.1 Å². The second-order valence-electron chi connectivity index (χ2n) is 4.52. The van der Waals surface area contributed by atoms with Gasteiger partial charge in [-0.05, 0) is 25.1 Å². The number of unbranched alkanes of at least 4 members (excludes halogenated alkanes) is 1. The molecule has 0 fully saturated rings. The second-order valence-corrected chi connectivity index (χ2v) is 4.52. The van der Waals surface area contributed by atoms with Gasteiger partial charge in [-0.2, -0.15) is 4.98 Å². The highest BCUT2D eigenvalue weighted by Gasteiger charge is 2.15. The van der Waals surface area contributed by atoms with Gasteiger partial charge < -0.3 is 14.7 Å². The van der Waals surface area contributed by atoms with E-state index >= 15 is 0 Å². The standard InChI is InChI=1S/C13H18N4O3/c1-2-3-6-17(8-11(14)18)9-12-15-13(16-20-12)10-5-4-7-19-10/h4-5,7H,2-3,6,8-9H2,1H3,(H2,14,18). The lowest BCUT2D eigenvalue weighted by Crippen LogP contribution is -2.34. The molecule has 0 atom stereocenters. The number of nitrogens with two attached hydrogens (primary N) is 1. The van der Waals surface area contributed by atoms with Gasteiger partial charge in [0.2, 0.25) is 17.6 Å². The number of amides is 1. The van der Waals surface area contributed by atoms with Crippen molar-refractivity contribution in [2.24, 2.45) is 5.73 Å². The first-order valence-corrected chi connectivity index (χ1v) is 6.56. The highest BCUT2D eigenvalue weighted by molar-refractivity contribution is 5.75. The third-order valence-corrected chi connectivity index (χ3v) is 2.78. The van der Waals surface area contributed by atoms with Crippen molar-refractivity contribution < 1.29 is 13.7 Å². The predicted molar refractivity (Wildman–Crippen MR) is 71.4 cm³/mol. The second kappa shape index (κ2) is 6.85. The average Bonchev–Trinajstić information content (AvgIpc) is 3.05. The molecule has 0 aliphatic carbocycles. The van der Waals surface area contributed by atoms with Gasteiger partial charge in [0.1, 0.15) is 0 Å². The van der Waals surface area contributed by atoms with E-state index in [0.29, 0.717) is 24.0 Å². The fourth-order valence-corrected chi connectivity index (χ4v) is 1.83. The molecule has 2 heterocycles. The summed E-state index contributed by atoms with van der Waals surface area (Å²) in [6, 6.07) is 3.51. The first-order chi connectivity index (χ1) is 9.69. The highest BCUT2D eigenvalue weighted by atomic mass is 16.5. The molecule has 7 heteroatoms. The van der Waals surface area contributed by atoms with Crippen molar-refractivity contribution in [3.05, 3.63) is 24.3 Å². The summed E-state index contributed by atoms with van der Waals surface area (Å²) >= 11 is 0. The van der Waals surface area contributed by atoms with Crippen molar-refractivity contribution in [3.63, 3.8) is 0 Å². The Balaban J connectivity index is 2.00. The number of furan rings is 1. The summed E-state index contributed by atoms with van der Waals surface area (Å²) in [5.74, 6) is 1.02. The van der Waals surface area contributed by atoms with Gasteiger partial charge in [-0.25, -0.2) is 0 Å². The fraction of sp³-hybridized carbons (Fsp3) is 0.462. The molecule has 0 aliphatic heterocycles. The maximum Gasteiger partial charge on any atom is 0.241 e. The average molecular weight is 278 g/mol. The third kappa shape index (κ3) is 3.92. The number of hydrogen-bond acceptors (Lipinski definition) is 6. The number of primary amides is 1. The first-order valence-electron chi connectivity index (χ1n) is 6.56. The molecule has 2 aromatic heterocycles. The Hall–Kier alpha value is -2.15. The Bertz CT molecular complexity index is 536. The largest absolute Gasteiger partial charge is 0.461 e. The molecule has 0 saturated carbocycles. The third-order valence-electron chi connectivity index (χ3n) is 2.78. The van der Waals surface area contributed by atoms with Crippen LogP contribution in [0.5, 0.6) is 0 Å². The normalized spacial score (nSPS) is 11.1. The fourth-order valence-electron chi connectivity index (χ4n) is 1.83. The molecular weight excluding hydrogens is 260 g/mol. The predicted octanol–water partition coefficient (Wildman–Crippen LogP) is 1.42. The summed E-state index contributed by atoms with van der Waals surface area (Å²) in [5.41, 5.74) is 5.24. The van der Waals surface area contributed by atoms with Gasteiger partial charge in [0.05, 0.1) is 19.4 Å². The zero-order valence-electron chi connectivity index (χ0n) is 11.4. The maximum absolute atomic E-state index is 11.1. The van der Waals surface area contributed by atoms with Crippen LogP contribution in [0.1, 0.15) is 25.7 Å². The van der Waals surface area contributed by atoms with Gasteiger partial charge in [-0.3, -0.25) is 9.69 Å². The van der Waals surface area contributed by atoms with E-state index in [1.807, 2.05) is 4.90 Å². The summed E-state index contributed by atoms with van der Waals surface area (Å²) in [4.78, 5) is 17.2. The molecule has 2 aromatic rings. The molecule has 0 spiro atoms. The summed E-state index contributed by atoms with van der Waals surface area (Å²) < 4.78 is 10.4. The van der Waals surface area contributed by atoms with Crippen molar-refractivity contribution in [3.8, 4) is 11.6 Å². The lowest BCUT2D eigenvalue weighted by atomic mass is 10.3. The molecule has 0 unspecified atom stereocenters. The van der Waals surface area contributed by atoms with Crippen LogP contribution in [0.3, 0.4) is 0 Å². The van der Waals surface area contributed by atoms with Crippen LogP contribution in [0, 0.1) is 0 Å². The quantitative estimate of drug-likeness (QED) is 0.784. The summed E-state index contributed by atoms with van der Waals surface area (Å²) in [6.07, 6.45) is 3.56. The molecule has 2 N–H and O–H groups in total. The van der Waals surface area contributed by atoms with Crippen LogP contribution in [0.2, 0.25) is 0 Å². The van der Waals surface area contributed by atoms with Crippen molar-refractivity contribution in [1.29, 1.82) is 0 Å². The molecule has 108 valence electrons. The van der Waals surface area contributed by atoms with Crippen molar-refractivity contribution >= 4 is 5.91 Å². The lowest BCUT2D eigenvalue weighted by molar-refractivity contribution is -0.119. The first kappa shape index (κ1) is 14.3. The van der Waals surface area contributed by atoms with E-state index < -0.39 is 0 Å². The minimum atomic E-state index is -0.369. The Kier molecular flexibility index (Phi) is 4.89. The number of carbonyl (C=O) groups is 1. The maximum atomic E-state index is 11.1. The number of aromatic nitrogens is 2. The van der Waals surface area contributed by atoms with E-state index in [1.165, 1.54) is 0 Å². The minimum absolute atomic E-state index is 0.179. The molecule has 0 bridgehead atoms. The van der Waals surface area contributed by atoms with Crippen molar-refractivity contribution in [1.82, 2.24) is 15.0 Å². The molecule has 1 amide bonds. The molecule has 0 saturated heterocycles. The molecule has 2 rings (SSSR count). The van der Waals surface area contributed by atoms with Gasteiger partial charge in [0, 0.05) is 0 Å². The van der Waals surface area contributed by atoms with E-state index in [1.54, 1.807) is 18.4 Å². The van der Waals surface area contributed by atoms with Gasteiger partial charge in [-0.15, -0.1) is 0 Å². The van der Waals surface area contributed by atoms with Gasteiger partial charge in [-0.1, -0.05) is 18.5 Å². The van der Waals surface area contributed by atoms with Crippen LogP contribution in [0.15, 0.2) is 27.3 Å². The van der Waals surface area contributed by atoms with Crippen LogP contribution >= 0.6 is 0 Å². The number of hydrogen-bond donors (Lipinski definition) is 1. The van der Waals surface area contributed by atoms with Gasteiger partial charge >= 0.3 is 0 Å². The van der Waals surface area contributed by atoms with E-state index in [4.69, 9.17) is 14.7 Å². The smallest absolute Gasteiger partial charge is 0.241 e. The summed E-state index contributed by atoms with van der Waals surface area (Å²) in [7, 11) is 0. The summed E-state index contributed by atoms with van der Waals surface area (Å²) in [5, 5.41) is 3.85. The number of carbonyl (C=O) groups excluding carboxylic acids is 1. The van der Waals surface area contributed by atoms with Crippen LogP contribution in [-0.4, -0.2) is 34.0 Å². The van der Waals surface area contributed by atoms with Crippen molar-refractivity contribution in [2.75, 3.05) is 13.1 Å². The molecular formula is C13H18N4O3. The molecule has 0 aromatic carbocycles. The van der Waals surface area contributed by atoms with Crippen LogP contribution in [0.25, 0.3) is 11.6 Å². The molecule has 0 radical (unpaired) electrons. The van der Waals surface area contributed by atoms with Gasteiger partial charge in [0.25, 0.3) is 0 Å². The van der Waals surface area contributed by atoms with Crippen molar-refractivity contribution in [2.45, 2.75) is 26.3 Å². The Morgan fingerprint density at radius 2 is 2.35 bits per heavy atom. The van der Waals surface area contributed by atoms with Crippen LogP contribution < -0.4 is 5.73 Å². The van der Waals surface area contributed by atoms with Crippen LogP contribution in [0.4, 0.5) is 0 Å². The number of nitrogens with zero attached hydrogens (tertiary/aromatic N) is 3. The molecule has 0 aliphatic rings. The number of rotatable bonds is 8. The molecule has 7 nitrogen and oxygen atoms in total. The Morgan fingerprint density at radius 3 is 3.00 bits per heavy atom. The van der Waals surface area contributed by atoms with E-state index in [9.17, 15) is 4.79 Å². The summed E-state index contributed by atoms with van der Waals surface area (Å²) in [6.45, 7) is 3.43. The van der Waals surface area contributed by atoms with E-state index in [-0.39, 0.29) is 12.5 Å². The molecule has 20 heavy (non-hydrogen) atoms. The van der Waals surface area contributed by atoms with E-state index in [0.717, 1.165) is 19.4 Å². The SMILES string of the molecule is CCCCN(CC(N)=O)Cc1nc(-c2ccco2)no1. The highest BCUT2D eigenvalue weighted by Crippen LogP contribution is 2.16. The Morgan fingerprint density at radius 1 is 1.50 bits per heavy atom. The zero-order valence-corrected chi connectivity index (χ0v) is 11.4.